The number of nitrogens with zero attached hydrogens (tertiary/aromatic N) is 1. The first-order chi connectivity index (χ1) is 7.99. The summed E-state index contributed by atoms with van der Waals surface area (Å²) in [5.41, 5.74) is 4.77. The first kappa shape index (κ1) is 12.3. The van der Waals surface area contributed by atoms with Crippen LogP contribution in [0.15, 0.2) is 6.07 Å². The van der Waals surface area contributed by atoms with Gasteiger partial charge in [0.05, 0.1) is 0 Å². The fourth-order valence-electron chi connectivity index (χ4n) is 2.80. The van der Waals surface area contributed by atoms with Crippen LogP contribution in [0, 0.1) is 26.7 Å². The summed E-state index contributed by atoms with van der Waals surface area (Å²) in [5, 5.41) is 0. The molecule has 1 aliphatic rings. The maximum Gasteiger partial charge on any atom is 0.133 e. The van der Waals surface area contributed by atoms with E-state index in [-0.39, 0.29) is 0 Å². The Hall–Kier alpha value is -1.18. The molecule has 1 heterocycles. The summed E-state index contributed by atoms with van der Waals surface area (Å²) in [6.07, 6.45) is 2.44. The highest BCUT2D eigenvalue weighted by Crippen LogP contribution is 2.37. The van der Waals surface area contributed by atoms with Crippen molar-refractivity contribution >= 4 is 5.78 Å². The topological polar surface area (TPSA) is 30.0 Å². The maximum atomic E-state index is 11.6. The smallest absolute Gasteiger partial charge is 0.133 e. The van der Waals surface area contributed by atoms with Gasteiger partial charge in [0.1, 0.15) is 5.78 Å². The molecule has 2 atom stereocenters. The number of hydrogen-bond donors (Lipinski definition) is 0. The molecule has 2 rings (SSSR count). The summed E-state index contributed by atoms with van der Waals surface area (Å²) >= 11 is 0. The molecule has 2 nitrogen and oxygen atoms in total. The molecule has 2 unspecified atom stereocenters. The van der Waals surface area contributed by atoms with Crippen LogP contribution in [0.3, 0.4) is 0 Å². The molecular formula is C15H21NO. The van der Waals surface area contributed by atoms with Crippen molar-refractivity contribution in [1.82, 2.24) is 4.98 Å². The largest absolute Gasteiger partial charge is 0.300 e. The lowest BCUT2D eigenvalue weighted by atomic mass is 9.76. The van der Waals surface area contributed by atoms with Crippen molar-refractivity contribution in [3.8, 4) is 0 Å². The van der Waals surface area contributed by atoms with Crippen LogP contribution < -0.4 is 0 Å². The van der Waals surface area contributed by atoms with E-state index < -0.39 is 0 Å². The quantitative estimate of drug-likeness (QED) is 0.740. The van der Waals surface area contributed by atoms with Crippen molar-refractivity contribution in [1.29, 1.82) is 0 Å². The number of aromatic nitrogens is 1. The predicted octanol–water partition coefficient (Wildman–Crippen LogP) is 3.48. The maximum absolute atomic E-state index is 11.6. The molecule has 2 heteroatoms. The van der Waals surface area contributed by atoms with Gasteiger partial charge in [-0.15, -0.1) is 0 Å². The minimum atomic E-state index is 0.329. The number of ketones is 1. The molecule has 0 amide bonds. The van der Waals surface area contributed by atoms with Crippen molar-refractivity contribution in [2.75, 3.05) is 0 Å². The van der Waals surface area contributed by atoms with Crippen LogP contribution in [-0.4, -0.2) is 10.8 Å². The molecule has 0 bridgehead atoms. The van der Waals surface area contributed by atoms with Crippen LogP contribution in [-0.2, 0) is 4.79 Å². The summed E-state index contributed by atoms with van der Waals surface area (Å²) < 4.78 is 0. The molecule has 1 aliphatic carbocycles. The highest BCUT2D eigenvalue weighted by molar-refractivity contribution is 5.80. The van der Waals surface area contributed by atoms with Gasteiger partial charge < -0.3 is 0 Å². The van der Waals surface area contributed by atoms with Gasteiger partial charge in [-0.2, -0.15) is 0 Å². The van der Waals surface area contributed by atoms with Crippen LogP contribution in [0.4, 0.5) is 0 Å². The molecule has 0 aromatic carbocycles. The number of hydrogen-bond acceptors (Lipinski definition) is 2. The standard InChI is InChI=1S/C15H21NO/c1-9-5-6-13(17)8-14(9)15-12(4)10(2)7-11(3)16-15/h7,9,14H,5-6,8H2,1-4H3. The third kappa shape index (κ3) is 2.41. The second-order valence-electron chi connectivity index (χ2n) is 5.46. The Labute approximate surface area is 103 Å². The van der Waals surface area contributed by atoms with Crippen LogP contribution in [0.5, 0.6) is 0 Å². The van der Waals surface area contributed by atoms with E-state index in [0.29, 0.717) is 24.0 Å². The number of carbonyl (C=O) groups excluding carboxylic acids is 1. The summed E-state index contributed by atoms with van der Waals surface area (Å²) in [4.78, 5) is 16.3. The van der Waals surface area contributed by atoms with Crippen molar-refractivity contribution in [2.24, 2.45) is 5.92 Å². The zero-order valence-electron chi connectivity index (χ0n) is 11.2. The molecule has 1 aromatic rings. The monoisotopic (exact) mass is 231 g/mol. The second-order valence-corrected chi connectivity index (χ2v) is 5.46. The summed E-state index contributed by atoms with van der Waals surface area (Å²) in [7, 11) is 0. The zero-order chi connectivity index (χ0) is 12.6. The van der Waals surface area contributed by atoms with Gasteiger partial charge in [0, 0.05) is 30.1 Å². The number of Topliss-reactive ketones (excluding diaryl/α,β-unsaturated/α-hetero) is 1. The Bertz CT molecular complexity index is 450. The van der Waals surface area contributed by atoms with Crippen LogP contribution in [0.25, 0.3) is 0 Å². The third-order valence-corrected chi connectivity index (χ3v) is 4.06. The number of pyridine rings is 1. The van der Waals surface area contributed by atoms with E-state index in [1.54, 1.807) is 0 Å². The van der Waals surface area contributed by atoms with Gasteiger partial charge in [0.25, 0.3) is 0 Å². The number of rotatable bonds is 1. The molecule has 0 N–H and O–H groups in total. The van der Waals surface area contributed by atoms with Gasteiger partial charge >= 0.3 is 0 Å². The van der Waals surface area contributed by atoms with E-state index in [9.17, 15) is 4.79 Å². The molecule has 1 fully saturated rings. The summed E-state index contributed by atoms with van der Waals surface area (Å²) in [5.74, 6) is 1.29. The fraction of sp³-hybridized carbons (Fsp3) is 0.600. The van der Waals surface area contributed by atoms with E-state index in [1.165, 1.54) is 11.1 Å². The lowest BCUT2D eigenvalue weighted by Crippen LogP contribution is -2.23. The van der Waals surface area contributed by atoms with Crippen LogP contribution in [0.1, 0.15) is 54.6 Å². The SMILES string of the molecule is Cc1cc(C)c(C)c(C2CC(=O)CCC2C)n1. The summed E-state index contributed by atoms with van der Waals surface area (Å²) in [6.45, 7) is 8.53. The molecule has 0 spiro atoms. The summed E-state index contributed by atoms with van der Waals surface area (Å²) in [6, 6.07) is 2.12. The Morgan fingerprint density at radius 3 is 2.71 bits per heavy atom. The van der Waals surface area contributed by atoms with Gasteiger partial charge in [-0.25, -0.2) is 0 Å². The van der Waals surface area contributed by atoms with Crippen molar-refractivity contribution in [3.63, 3.8) is 0 Å². The van der Waals surface area contributed by atoms with Crippen molar-refractivity contribution < 1.29 is 4.79 Å². The number of aryl methyl sites for hydroxylation is 2. The van der Waals surface area contributed by atoms with E-state index in [2.05, 4.69) is 31.8 Å². The lowest BCUT2D eigenvalue weighted by Gasteiger charge is -2.29. The van der Waals surface area contributed by atoms with Gasteiger partial charge in [0.2, 0.25) is 0 Å². The van der Waals surface area contributed by atoms with Gasteiger partial charge in [0.15, 0.2) is 0 Å². The molecule has 17 heavy (non-hydrogen) atoms. The molecular weight excluding hydrogens is 210 g/mol. The van der Waals surface area contributed by atoms with Crippen molar-refractivity contribution in [3.05, 3.63) is 28.6 Å². The van der Waals surface area contributed by atoms with Crippen LogP contribution >= 0.6 is 0 Å². The van der Waals surface area contributed by atoms with Gasteiger partial charge in [-0.05, 0) is 50.3 Å². The Balaban J connectivity index is 2.41. The predicted molar refractivity (Wildman–Crippen MR) is 69.2 cm³/mol. The second kappa shape index (κ2) is 4.59. The Morgan fingerprint density at radius 1 is 1.29 bits per heavy atom. The van der Waals surface area contributed by atoms with Gasteiger partial charge in [-0.3, -0.25) is 9.78 Å². The highest BCUT2D eigenvalue weighted by Gasteiger charge is 2.29. The Kier molecular flexibility index (Phi) is 3.32. The van der Waals surface area contributed by atoms with Crippen molar-refractivity contribution in [2.45, 2.75) is 52.9 Å². The third-order valence-electron chi connectivity index (χ3n) is 4.06. The molecule has 1 aromatic heterocycles. The van der Waals surface area contributed by atoms with Gasteiger partial charge in [-0.1, -0.05) is 6.92 Å². The Morgan fingerprint density at radius 2 is 2.00 bits per heavy atom. The first-order valence-corrected chi connectivity index (χ1v) is 6.45. The minimum Gasteiger partial charge on any atom is -0.300 e. The molecule has 1 saturated carbocycles. The minimum absolute atomic E-state index is 0.329. The lowest BCUT2D eigenvalue weighted by molar-refractivity contribution is -0.121. The zero-order valence-corrected chi connectivity index (χ0v) is 11.2. The van der Waals surface area contributed by atoms with Crippen LogP contribution in [0.2, 0.25) is 0 Å². The fourth-order valence-corrected chi connectivity index (χ4v) is 2.80. The average Bonchev–Trinajstić information content (AvgIpc) is 2.27. The first-order valence-electron chi connectivity index (χ1n) is 6.45. The number of carbonyl (C=O) groups is 1. The van der Waals surface area contributed by atoms with E-state index >= 15 is 0 Å². The normalized spacial score (nSPS) is 25.1. The van der Waals surface area contributed by atoms with E-state index in [4.69, 9.17) is 0 Å². The highest BCUT2D eigenvalue weighted by atomic mass is 16.1. The molecule has 0 aliphatic heterocycles. The molecule has 0 radical (unpaired) electrons. The van der Waals surface area contributed by atoms with E-state index in [1.807, 2.05) is 6.92 Å². The molecule has 0 saturated heterocycles. The molecule has 92 valence electrons. The van der Waals surface area contributed by atoms with E-state index in [0.717, 1.165) is 24.2 Å². The average molecular weight is 231 g/mol.